The van der Waals surface area contributed by atoms with Crippen molar-refractivity contribution in [3.8, 4) is 0 Å². The molecule has 1 fully saturated rings. The quantitative estimate of drug-likeness (QED) is 0.884. The zero-order chi connectivity index (χ0) is 13.2. The zero-order valence-corrected chi connectivity index (χ0v) is 11.0. The molecule has 1 aliphatic carbocycles. The maximum atomic E-state index is 13.3. The van der Waals surface area contributed by atoms with Crippen LogP contribution in [0.5, 0.6) is 0 Å². The molecule has 1 saturated carbocycles. The number of alkyl halides is 2. The van der Waals surface area contributed by atoms with E-state index in [9.17, 15) is 8.78 Å². The second-order valence-electron chi connectivity index (χ2n) is 5.21. The van der Waals surface area contributed by atoms with Gasteiger partial charge in [-0.25, -0.2) is 8.78 Å². The van der Waals surface area contributed by atoms with Crippen LogP contribution in [-0.2, 0) is 6.42 Å². The number of benzene rings is 1. The fourth-order valence-electron chi connectivity index (χ4n) is 2.64. The molecule has 1 nitrogen and oxygen atoms in total. The number of hydrogen-bond acceptors (Lipinski definition) is 1. The van der Waals surface area contributed by atoms with E-state index in [1.54, 1.807) is 12.1 Å². The Balaban J connectivity index is 1.95. The lowest BCUT2D eigenvalue weighted by atomic mass is 9.80. The topological polar surface area (TPSA) is 26.0 Å². The Bertz CT molecular complexity index is 391. The standard InChI is InChI=1S/C14H18ClF2N/c15-12-5-3-10(4-6-12)8-13(18)11-2-1-7-14(16,17)9-11/h3-6,11,13H,1-2,7-9,18H2. The first-order chi connectivity index (χ1) is 8.46. The van der Waals surface area contributed by atoms with E-state index in [2.05, 4.69) is 0 Å². The molecule has 0 aromatic heterocycles. The molecule has 2 unspecified atom stereocenters. The molecule has 0 bridgehead atoms. The van der Waals surface area contributed by atoms with Crippen LogP contribution in [0.4, 0.5) is 8.78 Å². The van der Waals surface area contributed by atoms with Gasteiger partial charge in [0.2, 0.25) is 5.92 Å². The van der Waals surface area contributed by atoms with Gasteiger partial charge in [-0.3, -0.25) is 0 Å². The first-order valence-electron chi connectivity index (χ1n) is 6.34. The molecule has 2 atom stereocenters. The van der Waals surface area contributed by atoms with E-state index in [4.69, 9.17) is 17.3 Å². The highest BCUT2D eigenvalue weighted by Crippen LogP contribution is 2.38. The molecule has 1 aromatic rings. The van der Waals surface area contributed by atoms with Gasteiger partial charge in [0, 0.05) is 23.9 Å². The van der Waals surface area contributed by atoms with E-state index in [1.165, 1.54) is 0 Å². The van der Waals surface area contributed by atoms with Crippen LogP contribution >= 0.6 is 11.6 Å². The Morgan fingerprint density at radius 3 is 2.61 bits per heavy atom. The molecule has 4 heteroatoms. The molecule has 0 aliphatic heterocycles. The second kappa shape index (κ2) is 5.54. The van der Waals surface area contributed by atoms with Gasteiger partial charge in [0.1, 0.15) is 0 Å². The van der Waals surface area contributed by atoms with Gasteiger partial charge in [0.15, 0.2) is 0 Å². The predicted molar refractivity (Wildman–Crippen MR) is 70.0 cm³/mol. The summed E-state index contributed by atoms with van der Waals surface area (Å²) in [6.07, 6.45) is 1.97. The van der Waals surface area contributed by atoms with Crippen molar-refractivity contribution in [1.29, 1.82) is 0 Å². The van der Waals surface area contributed by atoms with Crippen molar-refractivity contribution in [2.45, 2.75) is 44.1 Å². The molecule has 0 spiro atoms. The second-order valence-corrected chi connectivity index (χ2v) is 5.64. The van der Waals surface area contributed by atoms with Gasteiger partial charge in [0.25, 0.3) is 0 Å². The van der Waals surface area contributed by atoms with Gasteiger partial charge in [0.05, 0.1) is 0 Å². The van der Waals surface area contributed by atoms with Gasteiger partial charge < -0.3 is 5.73 Å². The SMILES string of the molecule is NC(Cc1ccc(Cl)cc1)C1CCCC(F)(F)C1. The maximum Gasteiger partial charge on any atom is 0.248 e. The van der Waals surface area contributed by atoms with Crippen molar-refractivity contribution in [2.75, 3.05) is 0 Å². The molecule has 0 amide bonds. The molecule has 1 aliphatic rings. The largest absolute Gasteiger partial charge is 0.327 e. The lowest BCUT2D eigenvalue weighted by Crippen LogP contribution is -2.39. The van der Waals surface area contributed by atoms with Crippen molar-refractivity contribution in [3.63, 3.8) is 0 Å². The van der Waals surface area contributed by atoms with Crippen LogP contribution in [0.15, 0.2) is 24.3 Å². The van der Waals surface area contributed by atoms with E-state index in [0.717, 1.165) is 12.0 Å². The fraction of sp³-hybridized carbons (Fsp3) is 0.571. The maximum absolute atomic E-state index is 13.3. The van der Waals surface area contributed by atoms with Crippen LogP contribution in [0.3, 0.4) is 0 Å². The van der Waals surface area contributed by atoms with Crippen LogP contribution < -0.4 is 5.73 Å². The number of hydrogen-bond donors (Lipinski definition) is 1. The lowest BCUT2D eigenvalue weighted by Gasteiger charge is -2.32. The van der Waals surface area contributed by atoms with Gasteiger partial charge in [-0.2, -0.15) is 0 Å². The van der Waals surface area contributed by atoms with Gasteiger partial charge in [-0.1, -0.05) is 23.7 Å². The average molecular weight is 274 g/mol. The molecule has 100 valence electrons. The van der Waals surface area contributed by atoms with Crippen LogP contribution in [0.1, 0.15) is 31.2 Å². The first-order valence-corrected chi connectivity index (χ1v) is 6.72. The molecule has 2 rings (SSSR count). The Labute approximate surface area is 111 Å². The molecular formula is C14H18ClF2N. The predicted octanol–water partition coefficient (Wildman–Crippen LogP) is 4.04. The third-order valence-electron chi connectivity index (χ3n) is 3.67. The summed E-state index contributed by atoms with van der Waals surface area (Å²) >= 11 is 5.80. The van der Waals surface area contributed by atoms with Gasteiger partial charge in [-0.15, -0.1) is 0 Å². The van der Waals surface area contributed by atoms with E-state index in [-0.39, 0.29) is 24.8 Å². The van der Waals surface area contributed by atoms with Crippen molar-refractivity contribution >= 4 is 11.6 Å². The van der Waals surface area contributed by atoms with Crippen molar-refractivity contribution in [3.05, 3.63) is 34.9 Å². The Kier molecular flexibility index (Phi) is 4.23. The molecule has 0 saturated heterocycles. The summed E-state index contributed by atoms with van der Waals surface area (Å²) in [5.41, 5.74) is 7.13. The zero-order valence-electron chi connectivity index (χ0n) is 10.2. The summed E-state index contributed by atoms with van der Waals surface area (Å²) in [5.74, 6) is -2.61. The Morgan fingerprint density at radius 2 is 2.00 bits per heavy atom. The van der Waals surface area contributed by atoms with E-state index >= 15 is 0 Å². The molecule has 1 aromatic carbocycles. The minimum atomic E-state index is -2.53. The Morgan fingerprint density at radius 1 is 1.33 bits per heavy atom. The molecule has 0 radical (unpaired) electrons. The molecule has 2 N–H and O–H groups in total. The normalized spacial score (nSPS) is 24.8. The van der Waals surface area contributed by atoms with Crippen LogP contribution in [-0.4, -0.2) is 12.0 Å². The molecular weight excluding hydrogens is 256 g/mol. The first kappa shape index (κ1) is 13.8. The Hall–Kier alpha value is -0.670. The average Bonchev–Trinajstić information content (AvgIpc) is 2.31. The number of halogens is 3. The van der Waals surface area contributed by atoms with Crippen LogP contribution in [0.25, 0.3) is 0 Å². The fourth-order valence-corrected chi connectivity index (χ4v) is 2.76. The lowest BCUT2D eigenvalue weighted by molar-refractivity contribution is -0.0561. The van der Waals surface area contributed by atoms with Crippen molar-refractivity contribution in [1.82, 2.24) is 0 Å². The highest BCUT2D eigenvalue weighted by atomic mass is 35.5. The summed E-state index contributed by atoms with van der Waals surface area (Å²) < 4.78 is 26.7. The van der Waals surface area contributed by atoms with Crippen molar-refractivity contribution in [2.24, 2.45) is 11.7 Å². The number of nitrogens with two attached hydrogens (primary N) is 1. The smallest absolute Gasteiger partial charge is 0.248 e. The minimum absolute atomic E-state index is 0.0111. The molecule has 0 heterocycles. The summed E-state index contributed by atoms with van der Waals surface area (Å²) in [6.45, 7) is 0. The monoisotopic (exact) mass is 273 g/mol. The summed E-state index contributed by atoms with van der Waals surface area (Å²) in [5, 5.41) is 0.677. The van der Waals surface area contributed by atoms with E-state index in [1.807, 2.05) is 12.1 Å². The third kappa shape index (κ3) is 3.66. The summed E-state index contributed by atoms with van der Waals surface area (Å²) in [6, 6.07) is 7.22. The van der Waals surface area contributed by atoms with Crippen molar-refractivity contribution < 1.29 is 8.78 Å². The van der Waals surface area contributed by atoms with E-state index < -0.39 is 5.92 Å². The third-order valence-corrected chi connectivity index (χ3v) is 3.92. The summed E-state index contributed by atoms with van der Waals surface area (Å²) in [7, 11) is 0. The highest BCUT2D eigenvalue weighted by molar-refractivity contribution is 6.30. The van der Waals surface area contributed by atoms with Gasteiger partial charge in [-0.05, 0) is 42.9 Å². The van der Waals surface area contributed by atoms with Gasteiger partial charge >= 0.3 is 0 Å². The highest BCUT2D eigenvalue weighted by Gasteiger charge is 2.38. The number of rotatable bonds is 3. The molecule has 18 heavy (non-hydrogen) atoms. The summed E-state index contributed by atoms with van der Waals surface area (Å²) in [4.78, 5) is 0. The van der Waals surface area contributed by atoms with Crippen LogP contribution in [0.2, 0.25) is 5.02 Å². The van der Waals surface area contributed by atoms with E-state index in [0.29, 0.717) is 17.9 Å². The van der Waals surface area contributed by atoms with Crippen LogP contribution in [0, 0.1) is 5.92 Å². The minimum Gasteiger partial charge on any atom is -0.327 e.